The van der Waals surface area contributed by atoms with Gasteiger partial charge in [-0.3, -0.25) is 5.41 Å². The van der Waals surface area contributed by atoms with E-state index in [4.69, 9.17) is 10.1 Å². The molecule has 1 aromatic heterocycles. The molecule has 4 aromatic carbocycles. The SMILES string of the molecule is N=c1c2c(ncn1Cc1ccccc1)Oc1c(ccc3ccccc13)C2c1ccccc1. The molecule has 0 fully saturated rings. The van der Waals surface area contributed by atoms with Gasteiger partial charge in [-0.15, -0.1) is 0 Å². The molecule has 4 nitrogen and oxygen atoms in total. The molecular formula is C28H21N3O. The van der Waals surface area contributed by atoms with E-state index in [0.717, 1.165) is 38.8 Å². The van der Waals surface area contributed by atoms with Crippen molar-refractivity contribution in [1.29, 1.82) is 5.41 Å². The summed E-state index contributed by atoms with van der Waals surface area (Å²) >= 11 is 0. The predicted molar refractivity (Wildman–Crippen MR) is 125 cm³/mol. The summed E-state index contributed by atoms with van der Waals surface area (Å²) in [4.78, 5) is 4.68. The Morgan fingerprint density at radius 2 is 1.53 bits per heavy atom. The maximum Gasteiger partial charge on any atom is 0.228 e. The zero-order chi connectivity index (χ0) is 21.5. The van der Waals surface area contributed by atoms with Crippen LogP contribution in [0.1, 0.15) is 28.2 Å². The second-order valence-corrected chi connectivity index (χ2v) is 8.08. The number of fused-ring (bicyclic) bond motifs is 4. The van der Waals surface area contributed by atoms with Crippen LogP contribution in [0.3, 0.4) is 0 Å². The molecule has 154 valence electrons. The minimum atomic E-state index is -0.122. The van der Waals surface area contributed by atoms with Crippen LogP contribution >= 0.6 is 0 Å². The van der Waals surface area contributed by atoms with Crippen LogP contribution in [0.2, 0.25) is 0 Å². The number of rotatable bonds is 3. The Morgan fingerprint density at radius 3 is 2.34 bits per heavy atom. The van der Waals surface area contributed by atoms with Gasteiger partial charge < -0.3 is 9.30 Å². The average molecular weight is 415 g/mol. The Bertz CT molecular complexity index is 1490. The van der Waals surface area contributed by atoms with Gasteiger partial charge in [0.15, 0.2) is 0 Å². The molecule has 1 aliphatic heterocycles. The Balaban J connectivity index is 1.58. The van der Waals surface area contributed by atoms with E-state index in [1.807, 2.05) is 53.1 Å². The van der Waals surface area contributed by atoms with Crippen LogP contribution in [0, 0.1) is 5.41 Å². The lowest BCUT2D eigenvalue weighted by Gasteiger charge is -2.29. The van der Waals surface area contributed by atoms with E-state index in [1.54, 1.807) is 6.33 Å². The van der Waals surface area contributed by atoms with Crippen molar-refractivity contribution in [2.45, 2.75) is 12.5 Å². The first-order valence-electron chi connectivity index (χ1n) is 10.7. The lowest BCUT2D eigenvalue weighted by molar-refractivity contribution is 0.428. The van der Waals surface area contributed by atoms with E-state index in [-0.39, 0.29) is 5.92 Å². The molecule has 0 bridgehead atoms. The molecule has 0 amide bonds. The number of nitrogens with zero attached hydrogens (tertiary/aromatic N) is 2. The summed E-state index contributed by atoms with van der Waals surface area (Å²) in [5, 5.41) is 11.3. The van der Waals surface area contributed by atoms with E-state index >= 15 is 0 Å². The van der Waals surface area contributed by atoms with Crippen LogP contribution in [0.4, 0.5) is 0 Å². The topological polar surface area (TPSA) is 50.9 Å². The molecule has 2 heterocycles. The summed E-state index contributed by atoms with van der Waals surface area (Å²) < 4.78 is 8.27. The highest BCUT2D eigenvalue weighted by Gasteiger charge is 2.32. The largest absolute Gasteiger partial charge is 0.438 e. The third-order valence-corrected chi connectivity index (χ3v) is 6.12. The molecule has 4 heteroatoms. The lowest BCUT2D eigenvalue weighted by Crippen LogP contribution is -2.30. The van der Waals surface area contributed by atoms with Gasteiger partial charge in [-0.25, -0.2) is 4.98 Å². The molecule has 5 aromatic rings. The highest BCUT2D eigenvalue weighted by atomic mass is 16.5. The van der Waals surface area contributed by atoms with Gasteiger partial charge in [-0.05, 0) is 16.5 Å². The first kappa shape index (κ1) is 18.6. The molecule has 1 N–H and O–H groups in total. The Labute approximate surface area is 185 Å². The van der Waals surface area contributed by atoms with Crippen LogP contribution in [-0.4, -0.2) is 9.55 Å². The predicted octanol–water partition coefficient (Wildman–Crippen LogP) is 5.85. The van der Waals surface area contributed by atoms with Gasteiger partial charge >= 0.3 is 0 Å². The van der Waals surface area contributed by atoms with E-state index in [2.05, 4.69) is 53.5 Å². The van der Waals surface area contributed by atoms with Crippen molar-refractivity contribution in [1.82, 2.24) is 9.55 Å². The summed E-state index contributed by atoms with van der Waals surface area (Å²) in [6.45, 7) is 0.589. The van der Waals surface area contributed by atoms with Gasteiger partial charge in [0.2, 0.25) is 5.88 Å². The van der Waals surface area contributed by atoms with Gasteiger partial charge in [0.05, 0.1) is 12.1 Å². The quantitative estimate of drug-likeness (QED) is 0.394. The Hall–Kier alpha value is -4.18. The molecule has 0 spiro atoms. The minimum absolute atomic E-state index is 0.122. The normalized spacial score (nSPS) is 14.4. The van der Waals surface area contributed by atoms with Crippen LogP contribution in [0.15, 0.2) is 103 Å². The summed E-state index contributed by atoms with van der Waals surface area (Å²) in [6, 6.07) is 33.0. The van der Waals surface area contributed by atoms with E-state index in [9.17, 15) is 0 Å². The van der Waals surface area contributed by atoms with Gasteiger partial charge in [0, 0.05) is 16.9 Å². The molecule has 1 aliphatic rings. The van der Waals surface area contributed by atoms with Crippen molar-refractivity contribution in [3.05, 3.63) is 131 Å². The van der Waals surface area contributed by atoms with Gasteiger partial charge in [-0.1, -0.05) is 97.1 Å². The van der Waals surface area contributed by atoms with Crippen molar-refractivity contribution in [3.63, 3.8) is 0 Å². The van der Waals surface area contributed by atoms with Gasteiger partial charge in [0.25, 0.3) is 0 Å². The number of nitrogens with one attached hydrogen (secondary N) is 1. The molecule has 32 heavy (non-hydrogen) atoms. The minimum Gasteiger partial charge on any atom is -0.438 e. The maximum atomic E-state index is 9.10. The smallest absolute Gasteiger partial charge is 0.228 e. The summed E-state index contributed by atoms with van der Waals surface area (Å²) in [6.07, 6.45) is 1.71. The van der Waals surface area contributed by atoms with Crippen molar-refractivity contribution in [2.75, 3.05) is 0 Å². The fourth-order valence-corrected chi connectivity index (χ4v) is 4.59. The zero-order valence-corrected chi connectivity index (χ0v) is 17.4. The molecule has 0 saturated heterocycles. The number of ether oxygens (including phenoxy) is 1. The van der Waals surface area contributed by atoms with Gasteiger partial charge in [-0.2, -0.15) is 0 Å². The molecular weight excluding hydrogens is 394 g/mol. The first-order chi connectivity index (χ1) is 15.8. The molecule has 1 atom stereocenters. The van der Waals surface area contributed by atoms with E-state index in [0.29, 0.717) is 17.9 Å². The third-order valence-electron chi connectivity index (χ3n) is 6.12. The highest BCUT2D eigenvalue weighted by Crippen LogP contribution is 2.47. The van der Waals surface area contributed by atoms with Crippen molar-refractivity contribution in [2.24, 2.45) is 0 Å². The fraction of sp³-hybridized carbons (Fsp3) is 0.0714. The highest BCUT2D eigenvalue weighted by molar-refractivity contribution is 5.91. The first-order valence-corrected chi connectivity index (χ1v) is 10.7. The number of aromatic nitrogens is 2. The summed E-state index contributed by atoms with van der Waals surface area (Å²) in [7, 11) is 0. The van der Waals surface area contributed by atoms with Crippen LogP contribution < -0.4 is 10.2 Å². The molecule has 0 saturated carbocycles. The van der Waals surface area contributed by atoms with E-state index < -0.39 is 0 Å². The molecule has 0 radical (unpaired) electrons. The van der Waals surface area contributed by atoms with Crippen molar-refractivity contribution >= 4 is 10.8 Å². The number of hydrogen-bond donors (Lipinski definition) is 1. The maximum absolute atomic E-state index is 9.10. The van der Waals surface area contributed by atoms with Crippen LogP contribution in [0.25, 0.3) is 10.8 Å². The van der Waals surface area contributed by atoms with Crippen LogP contribution in [0.5, 0.6) is 11.6 Å². The van der Waals surface area contributed by atoms with Crippen molar-refractivity contribution in [3.8, 4) is 11.6 Å². The van der Waals surface area contributed by atoms with E-state index in [1.165, 1.54) is 0 Å². The molecule has 6 rings (SSSR count). The summed E-state index contributed by atoms with van der Waals surface area (Å²) in [5.74, 6) is 1.22. The second-order valence-electron chi connectivity index (χ2n) is 8.08. The average Bonchev–Trinajstić information content (AvgIpc) is 2.86. The number of benzene rings is 4. The fourth-order valence-electron chi connectivity index (χ4n) is 4.59. The Kier molecular flexibility index (Phi) is 4.36. The molecule has 0 aliphatic carbocycles. The monoisotopic (exact) mass is 415 g/mol. The Morgan fingerprint density at radius 1 is 0.812 bits per heavy atom. The molecule has 1 unspecified atom stereocenters. The number of hydrogen-bond acceptors (Lipinski definition) is 3. The van der Waals surface area contributed by atoms with Crippen LogP contribution in [-0.2, 0) is 6.54 Å². The van der Waals surface area contributed by atoms with Crippen molar-refractivity contribution < 1.29 is 4.74 Å². The zero-order valence-electron chi connectivity index (χ0n) is 17.4. The third kappa shape index (κ3) is 3.00. The second kappa shape index (κ2) is 7.50. The standard InChI is InChI=1S/C28H21N3O/c29-27-25-24(21-12-5-2-6-13-21)23-16-15-20-11-7-8-14-22(20)26(23)32-28(25)30-18-31(27)17-19-9-3-1-4-10-19/h1-16,18,24,29H,17H2. The summed E-state index contributed by atoms with van der Waals surface area (Å²) in [5.41, 5.74) is 4.55. The lowest BCUT2D eigenvalue weighted by atomic mass is 9.83. The van der Waals surface area contributed by atoms with Gasteiger partial charge in [0.1, 0.15) is 17.6 Å².